The van der Waals surface area contributed by atoms with Crippen LogP contribution in [-0.4, -0.2) is 28.1 Å². The summed E-state index contributed by atoms with van der Waals surface area (Å²) in [6.07, 6.45) is 0. The predicted octanol–water partition coefficient (Wildman–Crippen LogP) is 2.43. The third-order valence-corrected chi connectivity index (χ3v) is 4.37. The van der Waals surface area contributed by atoms with E-state index in [1.807, 2.05) is 38.1 Å². The van der Waals surface area contributed by atoms with Gasteiger partial charge >= 0.3 is 0 Å². The number of aromatic nitrogens is 1. The van der Waals surface area contributed by atoms with Gasteiger partial charge in [0.15, 0.2) is 5.01 Å². The minimum Gasteiger partial charge on any atom is -0.388 e. The van der Waals surface area contributed by atoms with Gasteiger partial charge in [0.1, 0.15) is 0 Å². The molecule has 5 heteroatoms. The molecule has 0 saturated carbocycles. The fourth-order valence-electron chi connectivity index (χ4n) is 1.51. The normalized spacial score (nSPS) is 14.6. The maximum atomic E-state index is 12.0. The van der Waals surface area contributed by atoms with E-state index in [-0.39, 0.29) is 18.4 Å². The topological polar surface area (TPSA) is 62.2 Å². The van der Waals surface area contributed by atoms with Crippen LogP contribution in [0.4, 0.5) is 0 Å². The average Bonchev–Trinajstić information content (AvgIpc) is 2.79. The lowest BCUT2D eigenvalue weighted by Gasteiger charge is -2.27. The summed E-state index contributed by atoms with van der Waals surface area (Å²) in [5.74, 6) is -0.162. The number of hydrogen-bond acceptors (Lipinski definition) is 4. The van der Waals surface area contributed by atoms with Crippen LogP contribution in [0.3, 0.4) is 0 Å². The molecule has 0 saturated heterocycles. The molecule has 0 aliphatic rings. The summed E-state index contributed by atoms with van der Waals surface area (Å²) in [5.41, 5.74) is -0.0833. The highest BCUT2D eigenvalue weighted by atomic mass is 32.1. The Morgan fingerprint density at radius 1 is 1.47 bits per heavy atom. The Kier molecular flexibility index (Phi) is 3.87. The van der Waals surface area contributed by atoms with Crippen molar-refractivity contribution in [3.63, 3.8) is 0 Å². The van der Waals surface area contributed by atoms with Crippen molar-refractivity contribution in [2.75, 3.05) is 6.54 Å². The Morgan fingerprint density at radius 3 is 2.79 bits per heavy atom. The quantitative estimate of drug-likeness (QED) is 0.903. The summed E-state index contributed by atoms with van der Waals surface area (Å²) in [6, 6.07) is 7.64. The second-order valence-corrected chi connectivity index (χ2v) is 6.21. The number of para-hydroxylation sites is 1. The molecule has 4 nitrogen and oxygen atoms in total. The standard InChI is InChI=1S/C14H18N2O2S/c1-9(2)14(3,18)8-15-12(17)13-16-10-6-4-5-7-11(10)19-13/h4-7,9,18H,8H2,1-3H3,(H,15,17). The number of thiazole rings is 1. The lowest BCUT2D eigenvalue weighted by atomic mass is 9.92. The monoisotopic (exact) mass is 278 g/mol. The van der Waals surface area contributed by atoms with E-state index >= 15 is 0 Å². The highest BCUT2D eigenvalue weighted by molar-refractivity contribution is 7.20. The molecule has 2 rings (SSSR count). The van der Waals surface area contributed by atoms with E-state index < -0.39 is 5.60 Å². The SMILES string of the molecule is CC(C)C(C)(O)CNC(=O)c1nc2ccccc2s1. The number of aliphatic hydroxyl groups is 1. The molecule has 1 aromatic heterocycles. The molecule has 19 heavy (non-hydrogen) atoms. The number of carbonyl (C=O) groups excluding carboxylic acids is 1. The van der Waals surface area contributed by atoms with Crippen molar-refractivity contribution in [2.24, 2.45) is 5.92 Å². The average molecular weight is 278 g/mol. The van der Waals surface area contributed by atoms with Crippen LogP contribution in [0.1, 0.15) is 30.6 Å². The summed E-state index contributed by atoms with van der Waals surface area (Å²) >= 11 is 1.36. The van der Waals surface area contributed by atoms with Crippen molar-refractivity contribution in [1.82, 2.24) is 10.3 Å². The van der Waals surface area contributed by atoms with Crippen LogP contribution in [0.15, 0.2) is 24.3 Å². The summed E-state index contributed by atoms with van der Waals surface area (Å²) in [7, 11) is 0. The first-order valence-corrected chi connectivity index (χ1v) is 7.08. The molecular formula is C14H18N2O2S. The van der Waals surface area contributed by atoms with Gasteiger partial charge in [-0.15, -0.1) is 11.3 Å². The smallest absolute Gasteiger partial charge is 0.280 e. The Hall–Kier alpha value is -1.46. The van der Waals surface area contributed by atoms with Crippen LogP contribution >= 0.6 is 11.3 Å². The van der Waals surface area contributed by atoms with Gasteiger partial charge in [0, 0.05) is 6.54 Å². The van der Waals surface area contributed by atoms with Gasteiger partial charge in [0.2, 0.25) is 0 Å². The van der Waals surface area contributed by atoms with Gasteiger partial charge in [-0.1, -0.05) is 26.0 Å². The van der Waals surface area contributed by atoms with E-state index in [1.54, 1.807) is 6.92 Å². The van der Waals surface area contributed by atoms with E-state index in [0.717, 1.165) is 10.2 Å². The number of benzene rings is 1. The minimum absolute atomic E-state index is 0.0724. The van der Waals surface area contributed by atoms with Crippen LogP contribution in [0.25, 0.3) is 10.2 Å². The van der Waals surface area contributed by atoms with Gasteiger partial charge in [0.25, 0.3) is 5.91 Å². The van der Waals surface area contributed by atoms with Crippen LogP contribution < -0.4 is 5.32 Å². The molecule has 102 valence electrons. The summed E-state index contributed by atoms with van der Waals surface area (Å²) < 4.78 is 0.989. The van der Waals surface area contributed by atoms with Crippen molar-refractivity contribution >= 4 is 27.5 Å². The lowest BCUT2D eigenvalue weighted by molar-refractivity contribution is 0.0142. The minimum atomic E-state index is -0.910. The first-order valence-electron chi connectivity index (χ1n) is 6.26. The zero-order valence-electron chi connectivity index (χ0n) is 11.3. The van der Waals surface area contributed by atoms with E-state index in [4.69, 9.17) is 0 Å². The van der Waals surface area contributed by atoms with Crippen molar-refractivity contribution in [3.8, 4) is 0 Å². The molecule has 0 fully saturated rings. The largest absolute Gasteiger partial charge is 0.388 e. The number of amides is 1. The highest BCUT2D eigenvalue weighted by Crippen LogP contribution is 2.21. The Morgan fingerprint density at radius 2 is 2.16 bits per heavy atom. The molecule has 0 spiro atoms. The molecule has 1 aromatic carbocycles. The number of carbonyl (C=O) groups is 1. The summed E-state index contributed by atoms with van der Waals surface area (Å²) in [4.78, 5) is 16.3. The molecule has 0 bridgehead atoms. The maximum absolute atomic E-state index is 12.0. The molecule has 1 unspecified atom stereocenters. The van der Waals surface area contributed by atoms with Gasteiger partial charge in [-0.25, -0.2) is 4.98 Å². The number of hydrogen-bond donors (Lipinski definition) is 2. The second-order valence-electron chi connectivity index (χ2n) is 5.18. The van der Waals surface area contributed by atoms with Gasteiger partial charge in [-0.3, -0.25) is 4.79 Å². The molecule has 2 N–H and O–H groups in total. The van der Waals surface area contributed by atoms with E-state index in [9.17, 15) is 9.90 Å². The van der Waals surface area contributed by atoms with E-state index in [0.29, 0.717) is 5.01 Å². The van der Waals surface area contributed by atoms with Crippen LogP contribution in [0, 0.1) is 5.92 Å². The molecular weight excluding hydrogens is 260 g/mol. The molecule has 1 amide bonds. The molecule has 1 atom stereocenters. The molecule has 1 heterocycles. The third-order valence-electron chi connectivity index (χ3n) is 3.34. The van der Waals surface area contributed by atoms with Crippen LogP contribution in [-0.2, 0) is 0 Å². The third kappa shape index (κ3) is 3.11. The second kappa shape index (κ2) is 5.27. The van der Waals surface area contributed by atoms with Crippen LogP contribution in [0.2, 0.25) is 0 Å². The van der Waals surface area contributed by atoms with Crippen molar-refractivity contribution in [3.05, 3.63) is 29.3 Å². The van der Waals surface area contributed by atoms with Gasteiger partial charge in [-0.05, 0) is 25.0 Å². The van der Waals surface area contributed by atoms with Crippen LogP contribution in [0.5, 0.6) is 0 Å². The number of rotatable bonds is 4. The van der Waals surface area contributed by atoms with Crippen molar-refractivity contribution < 1.29 is 9.90 Å². The number of nitrogens with zero attached hydrogens (tertiary/aromatic N) is 1. The maximum Gasteiger partial charge on any atom is 0.280 e. The number of nitrogens with one attached hydrogen (secondary N) is 1. The zero-order chi connectivity index (χ0) is 14.0. The Labute approximate surface area is 116 Å². The summed E-state index contributed by atoms with van der Waals surface area (Å²) in [6.45, 7) is 5.78. The van der Waals surface area contributed by atoms with E-state index in [2.05, 4.69) is 10.3 Å². The zero-order valence-corrected chi connectivity index (χ0v) is 12.1. The number of fused-ring (bicyclic) bond motifs is 1. The van der Waals surface area contributed by atoms with Crippen molar-refractivity contribution in [1.29, 1.82) is 0 Å². The highest BCUT2D eigenvalue weighted by Gasteiger charge is 2.26. The van der Waals surface area contributed by atoms with Crippen molar-refractivity contribution in [2.45, 2.75) is 26.4 Å². The summed E-state index contributed by atoms with van der Waals surface area (Å²) in [5, 5.41) is 13.3. The molecule has 0 aliphatic carbocycles. The first kappa shape index (κ1) is 14.0. The van der Waals surface area contributed by atoms with Gasteiger partial charge in [0.05, 0.1) is 15.8 Å². The molecule has 0 aliphatic heterocycles. The van der Waals surface area contributed by atoms with E-state index in [1.165, 1.54) is 11.3 Å². The Balaban J connectivity index is 2.08. The van der Waals surface area contributed by atoms with Gasteiger partial charge < -0.3 is 10.4 Å². The molecule has 0 radical (unpaired) electrons. The fraction of sp³-hybridized carbons (Fsp3) is 0.429. The lowest BCUT2D eigenvalue weighted by Crippen LogP contribution is -2.44. The molecule has 2 aromatic rings. The fourth-order valence-corrected chi connectivity index (χ4v) is 2.39. The predicted molar refractivity (Wildman–Crippen MR) is 77.4 cm³/mol. The Bertz CT molecular complexity index is 557. The first-order chi connectivity index (χ1) is 8.90. The van der Waals surface area contributed by atoms with Gasteiger partial charge in [-0.2, -0.15) is 0 Å².